The van der Waals surface area contributed by atoms with Crippen molar-refractivity contribution in [1.82, 2.24) is 0 Å². The van der Waals surface area contributed by atoms with Crippen molar-refractivity contribution in [2.75, 3.05) is 18.6 Å². The molecule has 0 bridgehead atoms. The Labute approximate surface area is 179 Å². The van der Waals surface area contributed by atoms with Gasteiger partial charge in [0.1, 0.15) is 0 Å². The maximum Gasteiger partial charge on any atom is 0.302 e. The van der Waals surface area contributed by atoms with Crippen LogP contribution in [0.2, 0.25) is 0 Å². The maximum absolute atomic E-state index is 10.6. The lowest BCUT2D eigenvalue weighted by Crippen LogP contribution is -2.00. The van der Waals surface area contributed by atoms with Crippen LogP contribution in [0.25, 0.3) is 0 Å². The molecule has 0 rings (SSSR count). The van der Waals surface area contributed by atoms with Gasteiger partial charge in [-0.3, -0.25) is 4.79 Å². The number of carbonyl (C=O) groups is 1. The fourth-order valence-corrected chi connectivity index (χ4v) is 4.69. The average molecular weight is 444 g/mol. The first-order valence-electron chi connectivity index (χ1n) is 11.2. The topological polar surface area (TPSA) is 26.3 Å². The van der Waals surface area contributed by atoms with Crippen LogP contribution < -0.4 is 0 Å². The van der Waals surface area contributed by atoms with Crippen LogP contribution in [0.1, 0.15) is 116 Å². The minimum absolute atomic E-state index is 0.159. The molecule has 0 heterocycles. The molecule has 0 fully saturated rings. The summed E-state index contributed by atoms with van der Waals surface area (Å²) in [6, 6.07) is 0. The lowest BCUT2D eigenvalue weighted by atomic mass is 10.0. The zero-order valence-electron chi connectivity index (χ0n) is 17.9. The van der Waals surface area contributed by atoms with Gasteiger partial charge in [-0.05, 0) is 19.1 Å². The summed E-state index contributed by atoms with van der Waals surface area (Å²) in [7, 11) is 10.8. The smallest absolute Gasteiger partial charge is 0.302 e. The summed E-state index contributed by atoms with van der Waals surface area (Å²) in [6.07, 6.45) is 24.5. The quantitative estimate of drug-likeness (QED) is 0.139. The Morgan fingerprint density at radius 3 is 1.22 bits per heavy atom. The Morgan fingerprint density at radius 1 is 0.630 bits per heavy atom. The van der Waals surface area contributed by atoms with Gasteiger partial charge in [0, 0.05) is 12.7 Å². The lowest BCUT2D eigenvalue weighted by Gasteiger charge is -2.17. The van der Waals surface area contributed by atoms with Crippen molar-refractivity contribution in [2.24, 2.45) is 0 Å². The maximum atomic E-state index is 10.6. The third-order valence-electron chi connectivity index (χ3n) is 4.95. The lowest BCUT2D eigenvalue weighted by molar-refractivity contribution is -0.141. The Balaban J connectivity index is 3.04. The molecule has 27 heavy (non-hydrogen) atoms. The molecule has 0 atom stereocenters. The molecule has 0 unspecified atom stereocenters. The van der Waals surface area contributed by atoms with Crippen LogP contribution in [0.15, 0.2) is 0 Å². The van der Waals surface area contributed by atoms with Gasteiger partial charge in [0.15, 0.2) is 0 Å². The highest BCUT2D eigenvalue weighted by Gasteiger charge is 2.08. The van der Waals surface area contributed by atoms with Crippen LogP contribution in [-0.4, -0.2) is 24.6 Å². The number of hydrogen-bond donors (Lipinski definition) is 0. The molecule has 0 aromatic heterocycles. The highest BCUT2D eigenvalue weighted by Crippen LogP contribution is 2.55. The van der Waals surface area contributed by atoms with E-state index in [4.69, 9.17) is 26.1 Å². The van der Waals surface area contributed by atoms with Crippen molar-refractivity contribution in [3.63, 3.8) is 0 Å². The second kappa shape index (κ2) is 19.7. The molecule has 0 aliphatic heterocycles. The Kier molecular flexibility index (Phi) is 20.0. The first-order chi connectivity index (χ1) is 12.9. The van der Waals surface area contributed by atoms with Crippen molar-refractivity contribution < 1.29 is 9.53 Å². The van der Waals surface area contributed by atoms with Crippen molar-refractivity contribution in [2.45, 2.75) is 116 Å². The van der Waals surface area contributed by atoms with Crippen molar-refractivity contribution in [1.29, 1.82) is 0 Å². The molecule has 0 aliphatic carbocycles. The molecule has 0 saturated heterocycles. The van der Waals surface area contributed by atoms with E-state index < -0.39 is 8.46 Å². The Hall–Kier alpha value is 0.400. The third-order valence-corrected chi connectivity index (χ3v) is 6.88. The zero-order chi connectivity index (χ0) is 20.2. The minimum Gasteiger partial charge on any atom is -0.466 e. The number of halogens is 2. The van der Waals surface area contributed by atoms with Crippen LogP contribution in [0.5, 0.6) is 0 Å². The number of unbranched alkanes of at least 4 members (excludes halogenated alkanes) is 16. The van der Waals surface area contributed by atoms with E-state index in [9.17, 15) is 4.79 Å². The van der Waals surface area contributed by atoms with Gasteiger partial charge in [0.2, 0.25) is 0 Å². The van der Waals surface area contributed by atoms with E-state index in [-0.39, 0.29) is 5.97 Å². The molecule has 164 valence electrons. The monoisotopic (exact) mass is 442 g/mol. The highest BCUT2D eigenvalue weighted by molar-refractivity contribution is 8.65. The third kappa shape index (κ3) is 26.4. The highest BCUT2D eigenvalue weighted by atomic mass is 36.0. The predicted octanol–water partition coefficient (Wildman–Crippen LogP) is 8.92. The minimum atomic E-state index is -1.32. The molecule has 0 N–H and O–H groups in total. The molecular formula is C22H44Cl2O2S. The first-order valence-corrected chi connectivity index (χ1v) is 15.1. The molecule has 0 aromatic rings. The second-order valence-electron chi connectivity index (χ2n) is 7.93. The van der Waals surface area contributed by atoms with Crippen LogP contribution in [0.3, 0.4) is 0 Å². The standard InChI is InChI=1S/C22H44Cl2O2S/c1-22(25)26-20-18-16-14-12-10-8-6-4-3-5-7-9-11-13-15-17-19-21-27(2,23)24/h3-21H2,1-2H3. The largest absolute Gasteiger partial charge is 0.466 e. The Morgan fingerprint density at radius 2 is 0.926 bits per heavy atom. The van der Waals surface area contributed by atoms with Gasteiger partial charge in [-0.2, -0.15) is 0 Å². The fourth-order valence-electron chi connectivity index (χ4n) is 3.33. The van der Waals surface area contributed by atoms with Gasteiger partial charge in [-0.15, -0.1) is 0 Å². The summed E-state index contributed by atoms with van der Waals surface area (Å²) in [6.45, 7) is 2.07. The number of ether oxygens (including phenoxy) is 1. The average Bonchev–Trinajstić information content (AvgIpc) is 2.58. The molecule has 2 nitrogen and oxygen atoms in total. The van der Waals surface area contributed by atoms with Gasteiger partial charge in [0.05, 0.1) is 6.61 Å². The summed E-state index contributed by atoms with van der Waals surface area (Å²) in [5, 5.41) is 0. The van der Waals surface area contributed by atoms with Gasteiger partial charge in [-0.25, -0.2) is 0 Å². The molecule has 0 aliphatic rings. The van der Waals surface area contributed by atoms with Crippen LogP contribution >= 0.6 is 29.8 Å². The first kappa shape index (κ1) is 27.4. The summed E-state index contributed by atoms with van der Waals surface area (Å²) in [5.41, 5.74) is 0. The molecular weight excluding hydrogens is 399 g/mol. The van der Waals surface area contributed by atoms with Crippen molar-refractivity contribution in [3.8, 4) is 0 Å². The number of carbonyl (C=O) groups excluding carboxylic acids is 1. The van der Waals surface area contributed by atoms with E-state index in [0.29, 0.717) is 6.61 Å². The van der Waals surface area contributed by atoms with E-state index >= 15 is 0 Å². The van der Waals surface area contributed by atoms with E-state index in [2.05, 4.69) is 0 Å². The van der Waals surface area contributed by atoms with E-state index in [1.54, 1.807) is 0 Å². The summed E-state index contributed by atoms with van der Waals surface area (Å²) < 4.78 is 4.93. The predicted molar refractivity (Wildman–Crippen MR) is 125 cm³/mol. The molecule has 0 amide bonds. The molecule has 5 heteroatoms. The normalized spacial score (nSPS) is 12.3. The molecule has 0 spiro atoms. The van der Waals surface area contributed by atoms with Gasteiger partial charge < -0.3 is 4.74 Å². The van der Waals surface area contributed by atoms with Crippen LogP contribution in [-0.2, 0) is 9.53 Å². The summed E-state index contributed by atoms with van der Waals surface area (Å²) in [4.78, 5) is 10.6. The van der Waals surface area contributed by atoms with Crippen LogP contribution in [0.4, 0.5) is 0 Å². The SMILES string of the molecule is CC(=O)OCCCCCCCCCCCCCCCCCCCS(C)(Cl)Cl. The van der Waals surface area contributed by atoms with Gasteiger partial charge in [-0.1, -0.05) is 126 Å². The fraction of sp³-hybridized carbons (Fsp3) is 0.955. The van der Waals surface area contributed by atoms with E-state index in [1.807, 2.05) is 6.26 Å². The van der Waals surface area contributed by atoms with E-state index in [0.717, 1.165) is 12.2 Å². The summed E-state index contributed by atoms with van der Waals surface area (Å²) >= 11 is 0. The number of hydrogen-bond acceptors (Lipinski definition) is 2. The van der Waals surface area contributed by atoms with Crippen molar-refractivity contribution in [3.05, 3.63) is 0 Å². The van der Waals surface area contributed by atoms with E-state index in [1.165, 1.54) is 110 Å². The second-order valence-corrected chi connectivity index (χ2v) is 14.6. The molecule has 0 saturated carbocycles. The molecule has 0 radical (unpaired) electrons. The molecule has 0 aromatic carbocycles. The zero-order valence-corrected chi connectivity index (χ0v) is 20.2. The van der Waals surface area contributed by atoms with Crippen molar-refractivity contribution >= 4 is 35.8 Å². The van der Waals surface area contributed by atoms with Gasteiger partial charge in [0.25, 0.3) is 0 Å². The number of rotatable bonds is 20. The van der Waals surface area contributed by atoms with Crippen LogP contribution in [0, 0.1) is 0 Å². The Bertz CT molecular complexity index is 333. The van der Waals surface area contributed by atoms with Gasteiger partial charge >= 0.3 is 5.97 Å². The number of esters is 1. The summed E-state index contributed by atoms with van der Waals surface area (Å²) in [5.74, 6) is 0.834.